The topological polar surface area (TPSA) is 68.4 Å². The van der Waals surface area contributed by atoms with Crippen LogP contribution in [0.15, 0.2) is 48.8 Å². The number of ether oxygens (including phenoxy) is 1. The lowest BCUT2D eigenvalue weighted by Gasteiger charge is -2.13. The van der Waals surface area contributed by atoms with E-state index >= 15 is 0 Å². The molecule has 0 saturated carbocycles. The lowest BCUT2D eigenvalue weighted by Crippen LogP contribution is -2.10. The highest BCUT2D eigenvalue weighted by Gasteiger charge is 2.10. The van der Waals surface area contributed by atoms with Gasteiger partial charge in [0, 0.05) is 30.3 Å². The lowest BCUT2D eigenvalue weighted by atomic mass is 10.1. The van der Waals surface area contributed by atoms with E-state index in [1.165, 1.54) is 5.56 Å². The number of nitrogens with two attached hydrogens (primary N) is 1. The number of hydrogen-bond donors (Lipinski definition) is 2. The molecule has 0 aliphatic rings. The fourth-order valence-corrected chi connectivity index (χ4v) is 2.03. The molecule has 1 aromatic heterocycles. The Morgan fingerprint density at radius 1 is 1.15 bits per heavy atom. The maximum absolute atomic E-state index is 10.0. The van der Waals surface area contributed by atoms with Gasteiger partial charge in [-0.2, -0.15) is 0 Å². The molecule has 106 valence electrons. The van der Waals surface area contributed by atoms with E-state index < -0.39 is 6.10 Å². The van der Waals surface area contributed by atoms with Crippen LogP contribution >= 0.6 is 0 Å². The van der Waals surface area contributed by atoms with Crippen LogP contribution in [-0.2, 0) is 11.2 Å². The average Bonchev–Trinajstić information content (AvgIpc) is 2.48. The summed E-state index contributed by atoms with van der Waals surface area (Å²) in [6.07, 6.45) is 4.78. The van der Waals surface area contributed by atoms with Crippen molar-refractivity contribution in [2.24, 2.45) is 0 Å². The van der Waals surface area contributed by atoms with E-state index in [0.29, 0.717) is 12.3 Å². The van der Waals surface area contributed by atoms with Crippen molar-refractivity contribution in [2.75, 3.05) is 18.9 Å². The van der Waals surface area contributed by atoms with Crippen LogP contribution in [0.3, 0.4) is 0 Å². The van der Waals surface area contributed by atoms with Crippen LogP contribution in [0.25, 0.3) is 0 Å². The third-order valence-corrected chi connectivity index (χ3v) is 3.13. The Morgan fingerprint density at radius 2 is 1.90 bits per heavy atom. The monoisotopic (exact) mass is 272 g/mol. The van der Waals surface area contributed by atoms with Gasteiger partial charge in [0.2, 0.25) is 0 Å². The summed E-state index contributed by atoms with van der Waals surface area (Å²) >= 11 is 0. The highest BCUT2D eigenvalue weighted by molar-refractivity contribution is 5.47. The summed E-state index contributed by atoms with van der Waals surface area (Å²) in [4.78, 5) is 3.98. The second-order valence-corrected chi connectivity index (χ2v) is 4.68. The Kier molecular flexibility index (Phi) is 5.53. The number of para-hydroxylation sites is 1. The molecule has 0 aliphatic heterocycles. The zero-order valence-electron chi connectivity index (χ0n) is 11.4. The summed E-state index contributed by atoms with van der Waals surface area (Å²) < 4.78 is 5.51. The standard InChI is InChI=1S/C16H20N2O2/c17-15-6-2-1-5-14(15)16(19)12-20-11-3-4-13-7-9-18-10-8-13/h1-2,5-10,16,19H,3-4,11-12,17H2. The molecular weight excluding hydrogens is 252 g/mol. The second-order valence-electron chi connectivity index (χ2n) is 4.68. The smallest absolute Gasteiger partial charge is 0.104 e. The van der Waals surface area contributed by atoms with Gasteiger partial charge in [0.25, 0.3) is 0 Å². The van der Waals surface area contributed by atoms with Crippen molar-refractivity contribution >= 4 is 5.69 Å². The van der Waals surface area contributed by atoms with Crippen LogP contribution in [0.1, 0.15) is 23.7 Å². The van der Waals surface area contributed by atoms with Gasteiger partial charge in [-0.1, -0.05) is 18.2 Å². The highest BCUT2D eigenvalue weighted by Crippen LogP contribution is 2.19. The first-order valence-electron chi connectivity index (χ1n) is 6.76. The first-order chi connectivity index (χ1) is 9.77. The number of nitrogens with zero attached hydrogens (tertiary/aromatic N) is 1. The minimum Gasteiger partial charge on any atom is -0.398 e. The van der Waals surface area contributed by atoms with Gasteiger partial charge < -0.3 is 15.6 Å². The van der Waals surface area contributed by atoms with Crippen LogP contribution in [0.4, 0.5) is 5.69 Å². The zero-order valence-corrected chi connectivity index (χ0v) is 11.4. The van der Waals surface area contributed by atoms with Crippen molar-refractivity contribution in [1.82, 2.24) is 4.98 Å². The summed E-state index contributed by atoms with van der Waals surface area (Å²) in [5.41, 5.74) is 8.37. The summed E-state index contributed by atoms with van der Waals surface area (Å²) in [6, 6.07) is 11.3. The molecule has 1 atom stereocenters. The maximum atomic E-state index is 10.0. The molecule has 1 unspecified atom stereocenters. The molecular formula is C16H20N2O2. The Hall–Kier alpha value is -1.91. The van der Waals surface area contributed by atoms with Crippen molar-refractivity contribution in [3.05, 3.63) is 59.9 Å². The molecule has 0 saturated heterocycles. The third-order valence-electron chi connectivity index (χ3n) is 3.13. The number of aryl methyl sites for hydroxylation is 1. The molecule has 4 nitrogen and oxygen atoms in total. The molecule has 0 spiro atoms. The molecule has 0 aliphatic carbocycles. The van der Waals surface area contributed by atoms with Gasteiger partial charge in [-0.05, 0) is 36.6 Å². The number of rotatable bonds is 7. The lowest BCUT2D eigenvalue weighted by molar-refractivity contribution is 0.0355. The zero-order chi connectivity index (χ0) is 14.2. The molecule has 3 N–H and O–H groups in total. The first kappa shape index (κ1) is 14.5. The first-order valence-corrected chi connectivity index (χ1v) is 6.76. The fraction of sp³-hybridized carbons (Fsp3) is 0.312. The van der Waals surface area contributed by atoms with Crippen LogP contribution in [0.2, 0.25) is 0 Å². The van der Waals surface area contributed by atoms with Gasteiger partial charge in [0.15, 0.2) is 0 Å². The summed E-state index contributed by atoms with van der Waals surface area (Å²) in [6.45, 7) is 0.886. The molecule has 20 heavy (non-hydrogen) atoms. The molecule has 2 aromatic rings. The largest absolute Gasteiger partial charge is 0.398 e. The molecule has 0 radical (unpaired) electrons. The maximum Gasteiger partial charge on any atom is 0.104 e. The summed E-state index contributed by atoms with van der Waals surface area (Å²) in [5, 5.41) is 10.0. The Balaban J connectivity index is 1.67. The number of pyridine rings is 1. The number of aliphatic hydroxyl groups is 1. The molecule has 2 rings (SSSR count). The van der Waals surface area contributed by atoms with Crippen LogP contribution in [-0.4, -0.2) is 23.3 Å². The van der Waals surface area contributed by atoms with Crippen LogP contribution in [0, 0.1) is 0 Å². The molecule has 0 bridgehead atoms. The number of aliphatic hydroxyl groups excluding tert-OH is 1. The van der Waals surface area contributed by atoms with Gasteiger partial charge >= 0.3 is 0 Å². The van der Waals surface area contributed by atoms with Gasteiger partial charge in [0.1, 0.15) is 6.10 Å². The van der Waals surface area contributed by atoms with E-state index in [0.717, 1.165) is 18.4 Å². The fourth-order valence-electron chi connectivity index (χ4n) is 2.03. The third kappa shape index (κ3) is 4.33. The van der Waals surface area contributed by atoms with E-state index in [4.69, 9.17) is 10.5 Å². The van der Waals surface area contributed by atoms with Crippen molar-refractivity contribution < 1.29 is 9.84 Å². The number of anilines is 1. The average molecular weight is 272 g/mol. The van der Waals surface area contributed by atoms with E-state index in [2.05, 4.69) is 4.98 Å². The normalized spacial score (nSPS) is 12.2. The van der Waals surface area contributed by atoms with E-state index in [9.17, 15) is 5.11 Å². The summed E-state index contributed by atoms with van der Waals surface area (Å²) in [7, 11) is 0. The molecule has 0 amide bonds. The summed E-state index contributed by atoms with van der Waals surface area (Å²) in [5.74, 6) is 0. The Labute approximate surface area is 119 Å². The van der Waals surface area contributed by atoms with Crippen molar-refractivity contribution in [3.8, 4) is 0 Å². The van der Waals surface area contributed by atoms with E-state index in [1.54, 1.807) is 18.5 Å². The predicted octanol–water partition coefficient (Wildman–Crippen LogP) is 2.35. The molecule has 1 heterocycles. The van der Waals surface area contributed by atoms with Gasteiger partial charge in [-0.3, -0.25) is 4.98 Å². The van der Waals surface area contributed by atoms with Gasteiger partial charge in [0.05, 0.1) is 6.61 Å². The second kappa shape index (κ2) is 7.62. The van der Waals surface area contributed by atoms with Crippen molar-refractivity contribution in [3.63, 3.8) is 0 Å². The highest BCUT2D eigenvalue weighted by atomic mass is 16.5. The Bertz CT molecular complexity index is 517. The minimum absolute atomic E-state index is 0.268. The predicted molar refractivity (Wildman–Crippen MR) is 79.2 cm³/mol. The van der Waals surface area contributed by atoms with Crippen LogP contribution < -0.4 is 5.73 Å². The SMILES string of the molecule is Nc1ccccc1C(O)COCCCc1ccncc1. The van der Waals surface area contributed by atoms with Gasteiger partial charge in [-0.15, -0.1) is 0 Å². The van der Waals surface area contributed by atoms with Crippen molar-refractivity contribution in [2.45, 2.75) is 18.9 Å². The van der Waals surface area contributed by atoms with Crippen LogP contribution in [0.5, 0.6) is 0 Å². The van der Waals surface area contributed by atoms with Gasteiger partial charge in [-0.25, -0.2) is 0 Å². The van der Waals surface area contributed by atoms with E-state index in [1.807, 2.05) is 30.3 Å². The number of hydrogen-bond acceptors (Lipinski definition) is 4. The number of nitrogen functional groups attached to an aromatic ring is 1. The quantitative estimate of drug-likeness (QED) is 0.599. The number of benzene rings is 1. The molecule has 1 aromatic carbocycles. The number of aromatic nitrogens is 1. The molecule has 0 fully saturated rings. The molecule has 4 heteroatoms. The Morgan fingerprint density at radius 3 is 2.65 bits per heavy atom. The minimum atomic E-state index is -0.669. The van der Waals surface area contributed by atoms with E-state index in [-0.39, 0.29) is 6.61 Å². The van der Waals surface area contributed by atoms with Crippen molar-refractivity contribution in [1.29, 1.82) is 0 Å².